The van der Waals surface area contributed by atoms with Crippen molar-refractivity contribution in [1.82, 2.24) is 0 Å². The number of nitrogens with two attached hydrogens (primary N) is 1. The highest BCUT2D eigenvalue weighted by Gasteiger charge is 2.21. The minimum Gasteiger partial charge on any atom is -0.397 e. The van der Waals surface area contributed by atoms with Gasteiger partial charge >= 0.3 is 0 Å². The van der Waals surface area contributed by atoms with Gasteiger partial charge in [0, 0.05) is 10.4 Å². The molecular formula is C20H19N2O2PS. The van der Waals surface area contributed by atoms with Gasteiger partial charge in [-0.2, -0.15) is 0 Å². The fourth-order valence-corrected chi connectivity index (χ4v) is 3.52. The first-order valence-electron chi connectivity index (χ1n) is 8.10. The first-order valence-corrected chi connectivity index (χ1v) is 9.80. The third-order valence-electron chi connectivity index (χ3n) is 4.19. The quantitative estimate of drug-likeness (QED) is 0.434. The van der Waals surface area contributed by atoms with Crippen LogP contribution in [0, 0.1) is 0 Å². The molecule has 132 valence electrons. The maximum Gasteiger partial charge on any atom is 0.255 e. The molecule has 0 aliphatic carbocycles. The van der Waals surface area contributed by atoms with Crippen molar-refractivity contribution in [3.05, 3.63) is 71.1 Å². The van der Waals surface area contributed by atoms with Crippen molar-refractivity contribution in [2.45, 2.75) is 19.0 Å². The average molecular weight is 382 g/mol. The summed E-state index contributed by atoms with van der Waals surface area (Å²) in [5.74, 6) is -0.232. The van der Waals surface area contributed by atoms with Gasteiger partial charge in [-0.1, -0.05) is 24.3 Å². The fourth-order valence-electron chi connectivity index (χ4n) is 2.54. The molecule has 0 fully saturated rings. The molecular weight excluding hydrogens is 363 g/mol. The summed E-state index contributed by atoms with van der Waals surface area (Å²) >= 11 is 1.63. The Hall–Kier alpha value is -2.49. The van der Waals surface area contributed by atoms with E-state index >= 15 is 0 Å². The first kappa shape index (κ1) is 18.3. The van der Waals surface area contributed by atoms with Crippen molar-refractivity contribution in [2.75, 3.05) is 11.1 Å². The third kappa shape index (κ3) is 3.85. The highest BCUT2D eigenvalue weighted by molar-refractivity contribution is 7.25. The second kappa shape index (κ2) is 7.40. The average Bonchev–Trinajstić information content (AvgIpc) is 3.18. The molecule has 26 heavy (non-hydrogen) atoms. The zero-order valence-corrected chi connectivity index (χ0v) is 16.2. The van der Waals surface area contributed by atoms with E-state index in [0.717, 1.165) is 16.0 Å². The van der Waals surface area contributed by atoms with Gasteiger partial charge in [0.25, 0.3) is 5.91 Å². The molecule has 0 radical (unpaired) electrons. The Kier molecular flexibility index (Phi) is 5.21. The molecule has 6 heteroatoms. The second-order valence-electron chi connectivity index (χ2n) is 6.46. The summed E-state index contributed by atoms with van der Waals surface area (Å²) in [6.45, 7) is 3.76. The number of carbonyl (C=O) groups excluding carboxylic acids is 1. The number of nitrogen functional groups attached to an aromatic ring is 1. The number of amides is 1. The van der Waals surface area contributed by atoms with Gasteiger partial charge in [0.1, 0.15) is 0 Å². The van der Waals surface area contributed by atoms with Crippen LogP contribution in [0.15, 0.2) is 60.0 Å². The summed E-state index contributed by atoms with van der Waals surface area (Å²) in [6, 6.07) is 16.7. The Labute approximate surface area is 158 Å². The summed E-state index contributed by atoms with van der Waals surface area (Å²) in [5, 5.41) is 4.41. The third-order valence-corrected chi connectivity index (χ3v) is 5.82. The van der Waals surface area contributed by atoms with E-state index in [1.54, 1.807) is 29.5 Å². The first-order chi connectivity index (χ1) is 12.4. The molecule has 0 atom stereocenters. The van der Waals surface area contributed by atoms with Gasteiger partial charge < -0.3 is 11.1 Å². The van der Waals surface area contributed by atoms with E-state index in [0.29, 0.717) is 16.9 Å². The smallest absolute Gasteiger partial charge is 0.255 e. The van der Waals surface area contributed by atoms with Crippen molar-refractivity contribution in [3.8, 4) is 10.4 Å². The van der Waals surface area contributed by atoms with Crippen molar-refractivity contribution in [1.29, 1.82) is 0 Å². The number of nitrogens with one attached hydrogen (secondary N) is 1. The van der Waals surface area contributed by atoms with E-state index < -0.39 is 5.16 Å². The minimum atomic E-state index is -0.478. The highest BCUT2D eigenvalue weighted by atomic mass is 32.1. The topological polar surface area (TPSA) is 72.2 Å². The molecule has 0 saturated carbocycles. The molecule has 2 aromatic carbocycles. The van der Waals surface area contributed by atoms with Crippen LogP contribution >= 0.6 is 19.8 Å². The molecule has 1 heterocycles. The molecule has 0 unspecified atom stereocenters. The van der Waals surface area contributed by atoms with Crippen molar-refractivity contribution in [2.24, 2.45) is 0 Å². The zero-order valence-electron chi connectivity index (χ0n) is 14.5. The number of hydrogen-bond donors (Lipinski definition) is 2. The number of rotatable bonds is 5. The monoisotopic (exact) mass is 382 g/mol. The summed E-state index contributed by atoms with van der Waals surface area (Å²) in [4.78, 5) is 13.7. The Bertz CT molecular complexity index is 935. The lowest BCUT2D eigenvalue weighted by atomic mass is 10.0. The molecule has 1 amide bonds. The molecule has 3 aromatic rings. The lowest BCUT2D eigenvalue weighted by Crippen LogP contribution is -2.14. The van der Waals surface area contributed by atoms with E-state index in [1.165, 1.54) is 0 Å². The zero-order chi connectivity index (χ0) is 18.7. The van der Waals surface area contributed by atoms with Gasteiger partial charge in [-0.15, -0.1) is 11.3 Å². The van der Waals surface area contributed by atoms with E-state index in [2.05, 4.69) is 5.32 Å². The number of anilines is 2. The molecule has 3 rings (SSSR count). The molecule has 0 spiro atoms. The van der Waals surface area contributed by atoms with Crippen LogP contribution < -0.4 is 11.1 Å². The van der Waals surface area contributed by atoms with Crippen LogP contribution in [0.25, 0.3) is 10.4 Å². The van der Waals surface area contributed by atoms with Crippen LogP contribution in [-0.2, 0) is 9.72 Å². The van der Waals surface area contributed by atoms with Crippen molar-refractivity contribution in [3.63, 3.8) is 0 Å². The molecule has 0 bridgehead atoms. The van der Waals surface area contributed by atoms with Gasteiger partial charge in [-0.25, -0.2) is 0 Å². The van der Waals surface area contributed by atoms with Crippen LogP contribution in [0.4, 0.5) is 11.4 Å². The normalized spacial score (nSPS) is 11.5. The highest BCUT2D eigenvalue weighted by Crippen LogP contribution is 2.34. The van der Waals surface area contributed by atoms with Gasteiger partial charge in [0.2, 0.25) is 0 Å². The van der Waals surface area contributed by atoms with Gasteiger partial charge in [-0.05, 0) is 60.7 Å². The van der Waals surface area contributed by atoms with Crippen LogP contribution in [-0.4, -0.2) is 5.91 Å². The largest absolute Gasteiger partial charge is 0.397 e. The van der Waals surface area contributed by atoms with E-state index in [9.17, 15) is 9.36 Å². The van der Waals surface area contributed by atoms with Gasteiger partial charge in [0.15, 0.2) is 8.46 Å². The predicted molar refractivity (Wildman–Crippen MR) is 109 cm³/mol. The Morgan fingerprint density at radius 1 is 1.12 bits per heavy atom. The molecule has 3 N–H and O–H groups in total. The standard InChI is InChI=1S/C20H19N2O2PS/c1-20(2,25-24)15-8-5-13(6-9-15)19(23)22-17-12-14(7-10-16(17)21)18-4-3-11-26-18/h3-12H,21H2,1-2H3,(H,22,23). The predicted octanol–water partition coefficient (Wildman–Crippen LogP) is 5.78. The maximum atomic E-state index is 12.6. The van der Waals surface area contributed by atoms with Gasteiger partial charge in [-0.3, -0.25) is 9.36 Å². The minimum absolute atomic E-state index is 0.0419. The van der Waals surface area contributed by atoms with Crippen LogP contribution in [0.5, 0.6) is 0 Å². The lowest BCUT2D eigenvalue weighted by molar-refractivity contribution is 0.102. The molecule has 0 saturated heterocycles. The summed E-state index contributed by atoms with van der Waals surface area (Å²) < 4.78 is 11.3. The van der Waals surface area contributed by atoms with E-state index in [1.807, 2.05) is 55.6 Å². The Balaban J connectivity index is 1.82. The van der Waals surface area contributed by atoms with Crippen molar-refractivity contribution >= 4 is 37.1 Å². The summed E-state index contributed by atoms with van der Waals surface area (Å²) in [6.07, 6.45) is 0. The Morgan fingerprint density at radius 3 is 2.46 bits per heavy atom. The van der Waals surface area contributed by atoms with Crippen LogP contribution in [0.2, 0.25) is 0 Å². The van der Waals surface area contributed by atoms with E-state index in [4.69, 9.17) is 5.73 Å². The van der Waals surface area contributed by atoms with Crippen molar-refractivity contribution < 1.29 is 9.36 Å². The lowest BCUT2D eigenvalue weighted by Gasteiger charge is -2.16. The summed E-state index contributed by atoms with van der Waals surface area (Å²) in [7, 11) is 0.0419. The number of thiophene rings is 1. The van der Waals surface area contributed by atoms with E-state index in [-0.39, 0.29) is 14.4 Å². The molecule has 4 nitrogen and oxygen atoms in total. The molecule has 0 aliphatic heterocycles. The summed E-state index contributed by atoms with van der Waals surface area (Å²) in [5.41, 5.74) is 9.56. The second-order valence-corrected chi connectivity index (χ2v) is 8.71. The number of hydrogen-bond acceptors (Lipinski definition) is 4. The number of carbonyl (C=O) groups is 1. The van der Waals surface area contributed by atoms with Crippen LogP contribution in [0.3, 0.4) is 0 Å². The maximum absolute atomic E-state index is 12.6. The number of benzene rings is 2. The molecule has 0 aliphatic rings. The SMILES string of the molecule is CC(C)(P=O)c1ccc(C(=O)Nc2cc(-c3cccs3)ccc2N)cc1. The van der Waals surface area contributed by atoms with Crippen LogP contribution in [0.1, 0.15) is 29.8 Å². The molecule has 1 aromatic heterocycles. The fraction of sp³-hybridized carbons (Fsp3) is 0.150. The Morgan fingerprint density at radius 2 is 1.85 bits per heavy atom. The van der Waals surface area contributed by atoms with Gasteiger partial charge in [0.05, 0.1) is 16.5 Å².